The minimum atomic E-state index is -0.410. The number of carbonyl (C=O) groups is 1. The van der Waals surface area contributed by atoms with Gasteiger partial charge in [-0.15, -0.1) is 0 Å². The Morgan fingerprint density at radius 2 is 1.88 bits per heavy atom. The molecule has 1 aliphatic carbocycles. The van der Waals surface area contributed by atoms with Gasteiger partial charge in [-0.25, -0.2) is 4.79 Å². The number of ether oxygens (including phenoxy) is 1. The van der Waals surface area contributed by atoms with Crippen LogP contribution in [0.3, 0.4) is 0 Å². The maximum absolute atomic E-state index is 11.6. The highest BCUT2D eigenvalue weighted by molar-refractivity contribution is 7.99. The molecule has 1 N–H and O–H groups in total. The lowest BCUT2D eigenvalue weighted by molar-refractivity contribution is 0.0490. The molecule has 1 amide bonds. The number of carbonyl (C=O) groups excluding carboxylic acids is 1. The van der Waals surface area contributed by atoms with E-state index >= 15 is 0 Å². The second kappa shape index (κ2) is 5.51. The molecule has 0 aromatic rings. The summed E-state index contributed by atoms with van der Waals surface area (Å²) in [5.41, 5.74) is -0.410. The highest BCUT2D eigenvalue weighted by atomic mass is 32.2. The molecule has 0 aromatic heterocycles. The monoisotopic (exact) mass is 259 g/mol. The number of amides is 1. The van der Waals surface area contributed by atoms with E-state index in [0.29, 0.717) is 4.75 Å². The second-order valence-corrected chi connectivity index (χ2v) is 7.47. The fourth-order valence-corrected chi connectivity index (χ4v) is 2.70. The summed E-state index contributed by atoms with van der Waals surface area (Å²) in [7, 11) is 0. The number of rotatable bonds is 2. The van der Waals surface area contributed by atoms with Crippen LogP contribution in [0.1, 0.15) is 53.4 Å². The van der Waals surface area contributed by atoms with Gasteiger partial charge in [0, 0.05) is 10.8 Å². The zero-order valence-electron chi connectivity index (χ0n) is 11.6. The van der Waals surface area contributed by atoms with E-state index in [9.17, 15) is 4.79 Å². The first-order chi connectivity index (χ1) is 7.74. The van der Waals surface area contributed by atoms with Crippen molar-refractivity contribution in [1.29, 1.82) is 0 Å². The van der Waals surface area contributed by atoms with Crippen molar-refractivity contribution >= 4 is 17.9 Å². The van der Waals surface area contributed by atoms with Crippen LogP contribution in [-0.4, -0.2) is 28.7 Å². The van der Waals surface area contributed by atoms with Crippen molar-refractivity contribution in [2.75, 3.05) is 6.26 Å². The van der Waals surface area contributed by atoms with E-state index in [-0.39, 0.29) is 12.1 Å². The predicted molar refractivity (Wildman–Crippen MR) is 73.5 cm³/mol. The molecular weight excluding hydrogens is 234 g/mol. The van der Waals surface area contributed by atoms with Gasteiger partial charge in [-0.1, -0.05) is 6.92 Å². The highest BCUT2D eigenvalue weighted by Crippen LogP contribution is 2.37. The van der Waals surface area contributed by atoms with E-state index in [1.807, 2.05) is 32.5 Å². The first kappa shape index (κ1) is 14.7. The van der Waals surface area contributed by atoms with Gasteiger partial charge in [0.2, 0.25) is 0 Å². The molecule has 1 aliphatic rings. The summed E-state index contributed by atoms with van der Waals surface area (Å²) >= 11 is 1.94. The van der Waals surface area contributed by atoms with Crippen LogP contribution in [0.5, 0.6) is 0 Å². The summed E-state index contributed by atoms with van der Waals surface area (Å²) in [6.07, 6.45) is 6.31. The molecular formula is C13H25NO2S. The largest absolute Gasteiger partial charge is 0.444 e. The fourth-order valence-electron chi connectivity index (χ4n) is 2.05. The molecule has 0 unspecified atom stereocenters. The number of thioether (sulfide) groups is 1. The lowest BCUT2D eigenvalue weighted by Crippen LogP contribution is -2.43. The number of nitrogens with one attached hydrogen (secondary N) is 1. The van der Waals surface area contributed by atoms with Crippen molar-refractivity contribution in [3.05, 3.63) is 0 Å². The molecule has 100 valence electrons. The molecule has 4 heteroatoms. The summed E-state index contributed by atoms with van der Waals surface area (Å²) in [6.45, 7) is 7.97. The van der Waals surface area contributed by atoms with Gasteiger partial charge in [0.05, 0.1) is 0 Å². The van der Waals surface area contributed by atoms with Crippen molar-refractivity contribution in [3.8, 4) is 0 Å². The molecule has 0 saturated heterocycles. The number of hydrogen-bond donors (Lipinski definition) is 1. The first-order valence-electron chi connectivity index (χ1n) is 6.29. The summed E-state index contributed by atoms with van der Waals surface area (Å²) in [6, 6.07) is 0.282. The van der Waals surface area contributed by atoms with Crippen molar-refractivity contribution in [3.63, 3.8) is 0 Å². The van der Waals surface area contributed by atoms with Gasteiger partial charge < -0.3 is 10.1 Å². The smallest absolute Gasteiger partial charge is 0.407 e. The SMILES string of the molecule is CSC1(C)CCC(NC(=O)OC(C)(C)C)CC1. The van der Waals surface area contributed by atoms with Crippen LogP contribution in [0.15, 0.2) is 0 Å². The van der Waals surface area contributed by atoms with E-state index in [2.05, 4.69) is 18.5 Å². The van der Waals surface area contributed by atoms with Crippen LogP contribution in [0.4, 0.5) is 4.79 Å². The van der Waals surface area contributed by atoms with Gasteiger partial charge in [-0.3, -0.25) is 0 Å². The molecule has 1 saturated carbocycles. The lowest BCUT2D eigenvalue weighted by atomic mass is 9.86. The van der Waals surface area contributed by atoms with Gasteiger partial charge in [0.25, 0.3) is 0 Å². The number of hydrogen-bond acceptors (Lipinski definition) is 3. The van der Waals surface area contributed by atoms with Gasteiger partial charge in [-0.2, -0.15) is 11.8 Å². The normalized spacial score (nSPS) is 29.8. The van der Waals surface area contributed by atoms with Crippen LogP contribution < -0.4 is 5.32 Å². The molecule has 0 radical (unpaired) electrons. The van der Waals surface area contributed by atoms with Crippen LogP contribution in [-0.2, 0) is 4.74 Å². The third-order valence-electron chi connectivity index (χ3n) is 3.26. The molecule has 0 aliphatic heterocycles. The minimum absolute atomic E-state index is 0.282. The standard InChI is InChI=1S/C13H25NO2S/c1-12(2,3)16-11(15)14-10-6-8-13(4,17-5)9-7-10/h10H,6-9H2,1-5H3,(H,14,15). The first-order valence-corrected chi connectivity index (χ1v) is 7.51. The van der Waals surface area contributed by atoms with Gasteiger partial charge in [0.15, 0.2) is 0 Å². The molecule has 0 bridgehead atoms. The third kappa shape index (κ3) is 5.19. The van der Waals surface area contributed by atoms with Crippen LogP contribution in [0.2, 0.25) is 0 Å². The summed E-state index contributed by atoms with van der Waals surface area (Å²) in [4.78, 5) is 11.6. The fraction of sp³-hybridized carbons (Fsp3) is 0.923. The maximum atomic E-state index is 11.6. The van der Waals surface area contributed by atoms with E-state index in [1.54, 1.807) is 0 Å². The Bertz CT molecular complexity index is 265. The minimum Gasteiger partial charge on any atom is -0.444 e. The summed E-state index contributed by atoms with van der Waals surface area (Å²) < 4.78 is 5.66. The van der Waals surface area contributed by atoms with E-state index < -0.39 is 5.60 Å². The Balaban J connectivity index is 2.34. The van der Waals surface area contributed by atoms with Crippen LogP contribution in [0.25, 0.3) is 0 Å². The van der Waals surface area contributed by atoms with E-state index in [1.165, 1.54) is 0 Å². The maximum Gasteiger partial charge on any atom is 0.407 e. The summed E-state index contributed by atoms with van der Waals surface area (Å²) in [5, 5.41) is 2.97. The summed E-state index contributed by atoms with van der Waals surface area (Å²) in [5.74, 6) is 0. The molecule has 0 heterocycles. The molecule has 3 nitrogen and oxygen atoms in total. The Morgan fingerprint density at radius 1 is 1.35 bits per heavy atom. The zero-order chi connectivity index (χ0) is 13.1. The highest BCUT2D eigenvalue weighted by Gasteiger charge is 2.31. The average molecular weight is 259 g/mol. The zero-order valence-corrected chi connectivity index (χ0v) is 12.4. The number of alkyl carbamates (subject to hydrolysis) is 1. The van der Waals surface area contributed by atoms with Crippen LogP contribution >= 0.6 is 11.8 Å². The van der Waals surface area contributed by atoms with Gasteiger partial charge in [-0.05, 0) is 52.7 Å². The topological polar surface area (TPSA) is 38.3 Å². The average Bonchev–Trinajstić information content (AvgIpc) is 2.19. The molecule has 1 fully saturated rings. The van der Waals surface area contributed by atoms with E-state index in [4.69, 9.17) is 4.74 Å². The molecule has 0 atom stereocenters. The lowest BCUT2D eigenvalue weighted by Gasteiger charge is -2.36. The van der Waals surface area contributed by atoms with Crippen molar-refractivity contribution in [2.24, 2.45) is 0 Å². The molecule has 0 spiro atoms. The third-order valence-corrected chi connectivity index (χ3v) is 4.65. The second-order valence-electron chi connectivity index (χ2n) is 6.07. The Kier molecular flexibility index (Phi) is 4.76. The Hall–Kier alpha value is -0.380. The van der Waals surface area contributed by atoms with Crippen molar-refractivity contribution < 1.29 is 9.53 Å². The van der Waals surface area contributed by atoms with Crippen molar-refractivity contribution in [1.82, 2.24) is 5.32 Å². The molecule has 1 rings (SSSR count). The van der Waals surface area contributed by atoms with Crippen LogP contribution in [0, 0.1) is 0 Å². The van der Waals surface area contributed by atoms with E-state index in [0.717, 1.165) is 25.7 Å². The van der Waals surface area contributed by atoms with Crippen molar-refractivity contribution in [2.45, 2.75) is 69.8 Å². The quantitative estimate of drug-likeness (QED) is 0.824. The van der Waals surface area contributed by atoms with Gasteiger partial charge in [0.1, 0.15) is 5.60 Å². The molecule has 17 heavy (non-hydrogen) atoms. The van der Waals surface area contributed by atoms with Gasteiger partial charge >= 0.3 is 6.09 Å². The molecule has 0 aromatic carbocycles. The predicted octanol–water partition coefficient (Wildman–Crippen LogP) is 3.58. The Labute approximate surface area is 109 Å². The Morgan fingerprint density at radius 3 is 2.29 bits per heavy atom.